The summed E-state index contributed by atoms with van der Waals surface area (Å²) in [5, 5.41) is 0.688. The lowest BCUT2D eigenvalue weighted by Gasteiger charge is -2.38. The van der Waals surface area contributed by atoms with Gasteiger partial charge in [-0.2, -0.15) is 12.6 Å². The second-order valence-corrected chi connectivity index (χ2v) is 6.68. The van der Waals surface area contributed by atoms with Crippen molar-refractivity contribution in [1.29, 1.82) is 0 Å². The molecule has 1 saturated carbocycles. The number of thiol groups is 1. The molecule has 0 N–H and O–H groups in total. The fourth-order valence-electron chi connectivity index (χ4n) is 2.89. The van der Waals surface area contributed by atoms with Crippen LogP contribution in [0.4, 0.5) is 0 Å². The molecule has 0 unspecified atom stereocenters. The van der Waals surface area contributed by atoms with Crippen molar-refractivity contribution in [3.63, 3.8) is 0 Å². The minimum Gasteiger partial charge on any atom is -0.176 e. The first-order valence-corrected chi connectivity index (χ1v) is 7.26. The number of hydrogen-bond donors (Lipinski definition) is 1. The molecule has 0 aromatic rings. The quantitative estimate of drug-likeness (QED) is 0.492. The maximum absolute atomic E-state index is 4.58. The predicted molar refractivity (Wildman–Crippen MR) is 72.7 cm³/mol. The van der Waals surface area contributed by atoms with Crippen LogP contribution in [0.3, 0.4) is 0 Å². The van der Waals surface area contributed by atoms with Gasteiger partial charge in [0.15, 0.2) is 0 Å². The Hall–Kier alpha value is 0.350. The molecule has 0 aromatic carbocycles. The molecule has 0 aromatic heterocycles. The minimum atomic E-state index is 0.573. The third-order valence-corrected chi connectivity index (χ3v) is 4.74. The molecule has 15 heavy (non-hydrogen) atoms. The average Bonchev–Trinajstić information content (AvgIpc) is 2.18. The van der Waals surface area contributed by atoms with Crippen molar-refractivity contribution >= 4 is 12.6 Å². The van der Waals surface area contributed by atoms with Crippen LogP contribution in [0.25, 0.3) is 0 Å². The molecular weight excluding hydrogens is 200 g/mol. The Morgan fingerprint density at radius 2 is 1.67 bits per heavy atom. The third-order valence-electron chi connectivity index (χ3n) is 4.23. The zero-order chi connectivity index (χ0) is 11.3. The van der Waals surface area contributed by atoms with Crippen LogP contribution in [0, 0.1) is 11.3 Å². The van der Waals surface area contributed by atoms with Gasteiger partial charge in [-0.25, -0.2) is 0 Å². The standard InChI is InChI=1S/C14H28S/c1-4-5-6-11-14(2,3)12-7-9-13(15)10-8-12/h12-13,15H,4-11H2,1-3H3. The van der Waals surface area contributed by atoms with Gasteiger partial charge in [0.25, 0.3) is 0 Å². The van der Waals surface area contributed by atoms with Gasteiger partial charge in [-0.1, -0.05) is 40.0 Å². The Morgan fingerprint density at radius 1 is 1.07 bits per heavy atom. The van der Waals surface area contributed by atoms with Crippen molar-refractivity contribution in [2.24, 2.45) is 11.3 Å². The van der Waals surface area contributed by atoms with E-state index >= 15 is 0 Å². The highest BCUT2D eigenvalue weighted by Gasteiger charge is 2.31. The van der Waals surface area contributed by atoms with Crippen LogP contribution < -0.4 is 0 Å². The molecule has 0 saturated heterocycles. The van der Waals surface area contributed by atoms with Gasteiger partial charge in [0.05, 0.1) is 0 Å². The number of unbranched alkanes of at least 4 members (excludes halogenated alkanes) is 2. The molecule has 90 valence electrons. The summed E-state index contributed by atoms with van der Waals surface area (Å²) in [5.74, 6) is 0.956. The first kappa shape index (κ1) is 13.4. The maximum atomic E-state index is 4.58. The molecule has 1 heteroatoms. The van der Waals surface area contributed by atoms with Gasteiger partial charge in [-0.15, -0.1) is 0 Å². The molecule has 1 aliphatic rings. The highest BCUT2D eigenvalue weighted by Crippen LogP contribution is 2.42. The molecule has 0 aliphatic heterocycles. The Bertz CT molecular complexity index is 166. The smallest absolute Gasteiger partial charge is 0.00170 e. The summed E-state index contributed by atoms with van der Waals surface area (Å²) in [6.45, 7) is 7.25. The second-order valence-electron chi connectivity index (χ2n) is 5.95. The summed E-state index contributed by atoms with van der Waals surface area (Å²) in [5.41, 5.74) is 0.573. The Kier molecular flexibility index (Phi) is 5.52. The molecule has 1 aliphatic carbocycles. The van der Waals surface area contributed by atoms with E-state index in [9.17, 15) is 0 Å². The predicted octanol–water partition coefficient (Wildman–Crippen LogP) is 5.08. The summed E-state index contributed by atoms with van der Waals surface area (Å²) in [7, 11) is 0. The van der Waals surface area contributed by atoms with Crippen LogP contribution in [0.5, 0.6) is 0 Å². The third kappa shape index (κ3) is 4.38. The van der Waals surface area contributed by atoms with Gasteiger partial charge >= 0.3 is 0 Å². The van der Waals surface area contributed by atoms with E-state index in [0.29, 0.717) is 10.7 Å². The van der Waals surface area contributed by atoms with Gasteiger partial charge in [0.2, 0.25) is 0 Å². The van der Waals surface area contributed by atoms with Crippen molar-refractivity contribution in [3.8, 4) is 0 Å². The minimum absolute atomic E-state index is 0.573. The average molecular weight is 228 g/mol. The van der Waals surface area contributed by atoms with E-state index in [1.165, 1.54) is 51.4 Å². The van der Waals surface area contributed by atoms with Crippen LogP contribution in [0.1, 0.15) is 72.1 Å². The molecular formula is C14H28S. The first-order valence-electron chi connectivity index (χ1n) is 6.74. The van der Waals surface area contributed by atoms with Crippen LogP contribution in [-0.2, 0) is 0 Å². The maximum Gasteiger partial charge on any atom is 0.00170 e. The zero-order valence-electron chi connectivity index (χ0n) is 10.8. The van der Waals surface area contributed by atoms with Crippen molar-refractivity contribution in [2.75, 3.05) is 0 Å². The molecule has 0 spiro atoms. The van der Waals surface area contributed by atoms with Crippen LogP contribution >= 0.6 is 12.6 Å². The lowest BCUT2D eigenvalue weighted by atomic mass is 9.68. The van der Waals surface area contributed by atoms with Crippen molar-refractivity contribution in [3.05, 3.63) is 0 Å². The zero-order valence-corrected chi connectivity index (χ0v) is 11.7. The van der Waals surface area contributed by atoms with Gasteiger partial charge in [-0.3, -0.25) is 0 Å². The molecule has 1 fully saturated rings. The van der Waals surface area contributed by atoms with Gasteiger partial charge in [0.1, 0.15) is 0 Å². The molecule has 0 heterocycles. The van der Waals surface area contributed by atoms with Crippen LogP contribution in [0.2, 0.25) is 0 Å². The Morgan fingerprint density at radius 3 is 2.20 bits per heavy atom. The Balaban J connectivity index is 2.32. The lowest BCUT2D eigenvalue weighted by molar-refractivity contribution is 0.144. The van der Waals surface area contributed by atoms with Crippen molar-refractivity contribution in [2.45, 2.75) is 77.4 Å². The van der Waals surface area contributed by atoms with E-state index in [-0.39, 0.29) is 0 Å². The topological polar surface area (TPSA) is 0 Å². The molecule has 0 atom stereocenters. The fraction of sp³-hybridized carbons (Fsp3) is 1.00. The Labute approximate surface area is 102 Å². The van der Waals surface area contributed by atoms with Crippen molar-refractivity contribution in [1.82, 2.24) is 0 Å². The van der Waals surface area contributed by atoms with E-state index in [0.717, 1.165) is 5.92 Å². The normalized spacial score (nSPS) is 28.0. The van der Waals surface area contributed by atoms with Gasteiger partial charge in [0, 0.05) is 5.25 Å². The van der Waals surface area contributed by atoms with E-state index < -0.39 is 0 Å². The fourth-order valence-corrected chi connectivity index (χ4v) is 3.19. The van der Waals surface area contributed by atoms with E-state index in [2.05, 4.69) is 33.4 Å². The largest absolute Gasteiger partial charge is 0.176 e. The second kappa shape index (κ2) is 6.18. The SMILES string of the molecule is CCCCCC(C)(C)C1CCC(S)CC1. The summed E-state index contributed by atoms with van der Waals surface area (Å²) in [6, 6.07) is 0. The van der Waals surface area contributed by atoms with E-state index in [1.54, 1.807) is 0 Å². The molecule has 0 nitrogen and oxygen atoms in total. The van der Waals surface area contributed by atoms with Gasteiger partial charge in [-0.05, 0) is 43.4 Å². The van der Waals surface area contributed by atoms with Crippen LogP contribution in [0.15, 0.2) is 0 Å². The summed E-state index contributed by atoms with van der Waals surface area (Å²) < 4.78 is 0. The summed E-state index contributed by atoms with van der Waals surface area (Å²) >= 11 is 4.58. The number of hydrogen-bond acceptors (Lipinski definition) is 1. The molecule has 0 amide bonds. The van der Waals surface area contributed by atoms with Gasteiger partial charge < -0.3 is 0 Å². The lowest BCUT2D eigenvalue weighted by Crippen LogP contribution is -2.28. The highest BCUT2D eigenvalue weighted by molar-refractivity contribution is 7.80. The number of rotatable bonds is 5. The van der Waals surface area contributed by atoms with Crippen LogP contribution in [-0.4, -0.2) is 5.25 Å². The highest BCUT2D eigenvalue weighted by atomic mass is 32.1. The molecule has 1 rings (SSSR count). The first-order chi connectivity index (χ1) is 7.06. The summed E-state index contributed by atoms with van der Waals surface area (Å²) in [6.07, 6.45) is 11.1. The monoisotopic (exact) mass is 228 g/mol. The van der Waals surface area contributed by atoms with Crippen molar-refractivity contribution < 1.29 is 0 Å². The van der Waals surface area contributed by atoms with E-state index in [1.807, 2.05) is 0 Å². The summed E-state index contributed by atoms with van der Waals surface area (Å²) in [4.78, 5) is 0. The molecule has 0 radical (unpaired) electrons. The van der Waals surface area contributed by atoms with E-state index in [4.69, 9.17) is 0 Å². The molecule has 0 bridgehead atoms.